The summed E-state index contributed by atoms with van der Waals surface area (Å²) in [4.78, 5) is 0. The third-order valence-corrected chi connectivity index (χ3v) is 2.97. The topological polar surface area (TPSA) is 38.0 Å². The lowest BCUT2D eigenvalue weighted by atomic mass is 9.83. The second kappa shape index (κ2) is 5.28. The van der Waals surface area contributed by atoms with Crippen molar-refractivity contribution < 1.29 is 13.2 Å². The molecule has 1 unspecified atom stereocenters. The molecule has 0 aliphatic rings. The maximum absolute atomic E-state index is 12.4. The average Bonchev–Trinajstić information content (AvgIpc) is 2.23. The molecule has 1 aromatic rings. The van der Waals surface area contributed by atoms with E-state index >= 15 is 0 Å². The molecule has 102 valence electrons. The molecule has 0 bridgehead atoms. The van der Waals surface area contributed by atoms with Crippen LogP contribution in [-0.4, -0.2) is 6.04 Å². The van der Waals surface area contributed by atoms with E-state index in [0.29, 0.717) is 6.42 Å². The van der Waals surface area contributed by atoms with Crippen LogP contribution in [0.4, 0.5) is 13.2 Å². The van der Waals surface area contributed by atoms with Crippen molar-refractivity contribution in [3.05, 3.63) is 35.4 Å². The first kappa shape index (κ1) is 15.0. The van der Waals surface area contributed by atoms with E-state index in [1.54, 1.807) is 0 Å². The normalized spacial score (nSPS) is 14.6. The van der Waals surface area contributed by atoms with Gasteiger partial charge >= 0.3 is 6.18 Å². The maximum Gasteiger partial charge on any atom is 0.416 e. The molecular weight excluding hydrogens is 241 g/mol. The SMILES string of the molecule is CC(C)(C)C(Cc1ccc(C(F)(F)F)cc1)NN. The van der Waals surface area contributed by atoms with Gasteiger partial charge < -0.3 is 0 Å². The minimum atomic E-state index is -4.28. The third kappa shape index (κ3) is 3.99. The predicted octanol–water partition coefficient (Wildman–Crippen LogP) is 3.13. The second-order valence-corrected chi connectivity index (χ2v) is 5.48. The van der Waals surface area contributed by atoms with Gasteiger partial charge in [0.1, 0.15) is 0 Å². The van der Waals surface area contributed by atoms with Crippen LogP contribution in [0.5, 0.6) is 0 Å². The minimum absolute atomic E-state index is 0.00855. The van der Waals surface area contributed by atoms with Crippen LogP contribution in [0.2, 0.25) is 0 Å². The summed E-state index contributed by atoms with van der Waals surface area (Å²) in [5, 5.41) is 0. The van der Waals surface area contributed by atoms with Gasteiger partial charge in [0.25, 0.3) is 0 Å². The number of alkyl halides is 3. The third-order valence-electron chi connectivity index (χ3n) is 2.97. The molecule has 5 heteroatoms. The molecule has 0 amide bonds. The van der Waals surface area contributed by atoms with E-state index in [2.05, 4.69) is 5.43 Å². The summed E-state index contributed by atoms with van der Waals surface area (Å²) in [6.07, 6.45) is -3.69. The molecule has 1 rings (SSSR count). The highest BCUT2D eigenvalue weighted by molar-refractivity contribution is 5.25. The smallest absolute Gasteiger partial charge is 0.271 e. The highest BCUT2D eigenvalue weighted by Crippen LogP contribution is 2.29. The van der Waals surface area contributed by atoms with E-state index < -0.39 is 11.7 Å². The summed E-state index contributed by atoms with van der Waals surface area (Å²) in [7, 11) is 0. The van der Waals surface area contributed by atoms with Gasteiger partial charge in [0.2, 0.25) is 0 Å². The number of nitrogens with two attached hydrogens (primary N) is 1. The van der Waals surface area contributed by atoms with Gasteiger partial charge in [-0.1, -0.05) is 32.9 Å². The highest BCUT2D eigenvalue weighted by Gasteiger charge is 2.30. The predicted molar refractivity (Wildman–Crippen MR) is 65.7 cm³/mol. The van der Waals surface area contributed by atoms with Gasteiger partial charge in [0.05, 0.1) is 5.56 Å². The van der Waals surface area contributed by atoms with Crippen molar-refractivity contribution in [2.45, 2.75) is 39.4 Å². The fourth-order valence-electron chi connectivity index (χ4n) is 1.68. The molecular formula is C13H19F3N2. The van der Waals surface area contributed by atoms with Crippen LogP contribution in [0.25, 0.3) is 0 Å². The van der Waals surface area contributed by atoms with E-state index in [1.165, 1.54) is 12.1 Å². The van der Waals surface area contributed by atoms with Crippen molar-refractivity contribution in [1.29, 1.82) is 0 Å². The summed E-state index contributed by atoms with van der Waals surface area (Å²) in [6, 6.07) is 5.21. The molecule has 0 saturated heterocycles. The largest absolute Gasteiger partial charge is 0.416 e. The van der Waals surface area contributed by atoms with Crippen molar-refractivity contribution in [2.24, 2.45) is 11.3 Å². The number of nitrogens with one attached hydrogen (secondary N) is 1. The Labute approximate surface area is 105 Å². The molecule has 0 aliphatic carbocycles. The molecule has 2 nitrogen and oxygen atoms in total. The van der Waals surface area contributed by atoms with Gasteiger partial charge in [-0.3, -0.25) is 11.3 Å². The zero-order valence-corrected chi connectivity index (χ0v) is 10.8. The first-order valence-electron chi connectivity index (χ1n) is 5.77. The van der Waals surface area contributed by atoms with E-state index in [1.807, 2.05) is 20.8 Å². The Morgan fingerprint density at radius 2 is 1.61 bits per heavy atom. The van der Waals surface area contributed by atoms with Crippen molar-refractivity contribution in [3.8, 4) is 0 Å². The molecule has 0 aliphatic heterocycles. The van der Waals surface area contributed by atoms with Gasteiger partial charge in [0, 0.05) is 6.04 Å². The second-order valence-electron chi connectivity index (χ2n) is 5.48. The Hall–Kier alpha value is -1.07. The van der Waals surface area contributed by atoms with Gasteiger partial charge in [-0.15, -0.1) is 0 Å². The lowest BCUT2D eigenvalue weighted by Gasteiger charge is -2.30. The van der Waals surface area contributed by atoms with Crippen molar-refractivity contribution in [2.75, 3.05) is 0 Å². The molecule has 0 heterocycles. The molecule has 1 atom stereocenters. The van der Waals surface area contributed by atoms with Gasteiger partial charge in [-0.25, -0.2) is 0 Å². The Kier molecular flexibility index (Phi) is 4.40. The fraction of sp³-hybridized carbons (Fsp3) is 0.538. The van der Waals surface area contributed by atoms with Crippen molar-refractivity contribution in [1.82, 2.24) is 5.43 Å². The summed E-state index contributed by atoms with van der Waals surface area (Å²) in [5.74, 6) is 5.48. The zero-order chi connectivity index (χ0) is 14.0. The standard InChI is InChI=1S/C13H19F3N2/c1-12(2,3)11(18-17)8-9-4-6-10(7-5-9)13(14,15)16/h4-7,11,18H,8,17H2,1-3H3. The molecule has 0 saturated carbocycles. The first-order valence-corrected chi connectivity index (χ1v) is 5.77. The number of hydrogen-bond acceptors (Lipinski definition) is 2. The molecule has 0 aromatic heterocycles. The lowest BCUT2D eigenvalue weighted by Crippen LogP contribution is -2.45. The van der Waals surface area contributed by atoms with Gasteiger partial charge in [-0.2, -0.15) is 13.2 Å². The minimum Gasteiger partial charge on any atom is -0.271 e. The molecule has 0 fully saturated rings. The van der Waals surface area contributed by atoms with Gasteiger partial charge in [-0.05, 0) is 29.5 Å². The highest BCUT2D eigenvalue weighted by atomic mass is 19.4. The van der Waals surface area contributed by atoms with E-state index in [-0.39, 0.29) is 11.5 Å². The summed E-state index contributed by atoms with van der Waals surface area (Å²) >= 11 is 0. The maximum atomic E-state index is 12.4. The van der Waals surface area contributed by atoms with E-state index in [0.717, 1.165) is 17.7 Å². The van der Waals surface area contributed by atoms with Gasteiger partial charge in [0.15, 0.2) is 0 Å². The summed E-state index contributed by atoms with van der Waals surface area (Å²) in [5.41, 5.74) is 2.86. The van der Waals surface area contributed by atoms with Crippen molar-refractivity contribution in [3.63, 3.8) is 0 Å². The zero-order valence-electron chi connectivity index (χ0n) is 10.8. The van der Waals surface area contributed by atoms with Crippen LogP contribution in [0.1, 0.15) is 31.9 Å². The van der Waals surface area contributed by atoms with Crippen LogP contribution >= 0.6 is 0 Å². The fourth-order valence-corrected chi connectivity index (χ4v) is 1.68. The van der Waals surface area contributed by atoms with E-state index in [4.69, 9.17) is 5.84 Å². The van der Waals surface area contributed by atoms with Crippen molar-refractivity contribution >= 4 is 0 Å². The Morgan fingerprint density at radius 3 is 1.94 bits per heavy atom. The number of halogens is 3. The number of hydrogen-bond donors (Lipinski definition) is 2. The summed E-state index contributed by atoms with van der Waals surface area (Å²) in [6.45, 7) is 6.09. The quantitative estimate of drug-likeness (QED) is 0.647. The number of benzene rings is 1. The van der Waals surface area contributed by atoms with E-state index in [9.17, 15) is 13.2 Å². The molecule has 3 N–H and O–H groups in total. The first-order chi connectivity index (χ1) is 8.14. The Bertz CT molecular complexity index is 377. The molecule has 0 radical (unpaired) electrons. The molecule has 18 heavy (non-hydrogen) atoms. The average molecular weight is 260 g/mol. The number of hydrazine groups is 1. The Balaban J connectivity index is 2.81. The Morgan fingerprint density at radius 1 is 1.11 bits per heavy atom. The lowest BCUT2D eigenvalue weighted by molar-refractivity contribution is -0.137. The molecule has 0 spiro atoms. The summed E-state index contributed by atoms with van der Waals surface area (Å²) < 4.78 is 37.2. The van der Waals surface area contributed by atoms with Crippen LogP contribution in [0.15, 0.2) is 24.3 Å². The van der Waals surface area contributed by atoms with Crippen LogP contribution in [0.3, 0.4) is 0 Å². The number of rotatable bonds is 3. The monoisotopic (exact) mass is 260 g/mol. The van der Waals surface area contributed by atoms with Crippen LogP contribution in [-0.2, 0) is 12.6 Å². The van der Waals surface area contributed by atoms with Crippen LogP contribution in [0, 0.1) is 5.41 Å². The molecule has 1 aromatic carbocycles. The van der Waals surface area contributed by atoms with Crippen LogP contribution < -0.4 is 11.3 Å².